The largest absolute Gasteiger partial charge is 0.404 e. The van der Waals surface area contributed by atoms with E-state index in [0.717, 1.165) is 12.0 Å². The summed E-state index contributed by atoms with van der Waals surface area (Å²) in [4.78, 5) is 14.1. The fraction of sp³-hybridized carbons (Fsp3) is 0.632. The highest BCUT2D eigenvalue weighted by Crippen LogP contribution is 2.46. The molecule has 1 aromatic rings. The SMILES string of the molecule is CC(C)CCCNC(=O)C1(C(F)(F)F)CCN(Cc2ccccc2)C1. The van der Waals surface area contributed by atoms with E-state index in [-0.39, 0.29) is 19.5 Å². The molecule has 1 unspecified atom stereocenters. The second-order valence-electron chi connectivity index (χ2n) is 7.32. The molecule has 6 heteroatoms. The Morgan fingerprint density at radius 2 is 1.96 bits per heavy atom. The molecule has 1 aliphatic heterocycles. The van der Waals surface area contributed by atoms with E-state index in [1.54, 1.807) is 4.90 Å². The van der Waals surface area contributed by atoms with Crippen LogP contribution in [0.3, 0.4) is 0 Å². The summed E-state index contributed by atoms with van der Waals surface area (Å²) < 4.78 is 41.2. The second kappa shape index (κ2) is 8.21. The van der Waals surface area contributed by atoms with Crippen molar-refractivity contribution < 1.29 is 18.0 Å². The van der Waals surface area contributed by atoms with Gasteiger partial charge in [-0.05, 0) is 37.3 Å². The van der Waals surface area contributed by atoms with Crippen LogP contribution in [0.5, 0.6) is 0 Å². The molecule has 1 aromatic carbocycles. The molecule has 1 fully saturated rings. The topological polar surface area (TPSA) is 32.3 Å². The van der Waals surface area contributed by atoms with Crippen molar-refractivity contribution in [2.75, 3.05) is 19.6 Å². The first kappa shape index (κ1) is 19.8. The Kier molecular flexibility index (Phi) is 6.49. The number of alkyl halides is 3. The number of carbonyl (C=O) groups is 1. The van der Waals surface area contributed by atoms with Crippen molar-refractivity contribution in [2.45, 2.75) is 45.8 Å². The van der Waals surface area contributed by atoms with Crippen molar-refractivity contribution in [1.82, 2.24) is 10.2 Å². The van der Waals surface area contributed by atoms with Crippen molar-refractivity contribution >= 4 is 5.91 Å². The number of benzene rings is 1. The Morgan fingerprint density at radius 1 is 1.28 bits per heavy atom. The normalized spacial score (nSPS) is 21.7. The van der Waals surface area contributed by atoms with E-state index >= 15 is 0 Å². The Morgan fingerprint density at radius 3 is 2.56 bits per heavy atom. The minimum atomic E-state index is -4.54. The number of nitrogens with zero attached hydrogens (tertiary/aromatic N) is 1. The van der Waals surface area contributed by atoms with Gasteiger partial charge in [-0.25, -0.2) is 0 Å². The van der Waals surface area contributed by atoms with E-state index in [1.165, 1.54) is 0 Å². The second-order valence-corrected chi connectivity index (χ2v) is 7.32. The number of hydrogen-bond donors (Lipinski definition) is 1. The van der Waals surface area contributed by atoms with Crippen molar-refractivity contribution in [1.29, 1.82) is 0 Å². The number of hydrogen-bond acceptors (Lipinski definition) is 2. The maximum Gasteiger partial charge on any atom is 0.404 e. The van der Waals surface area contributed by atoms with Crippen LogP contribution in [0.2, 0.25) is 0 Å². The van der Waals surface area contributed by atoms with Crippen molar-refractivity contribution in [3.8, 4) is 0 Å². The van der Waals surface area contributed by atoms with Crippen LogP contribution in [0.1, 0.15) is 38.7 Å². The summed E-state index contributed by atoms with van der Waals surface area (Å²) in [6, 6.07) is 9.38. The van der Waals surface area contributed by atoms with Crippen LogP contribution in [0, 0.1) is 11.3 Å². The smallest absolute Gasteiger partial charge is 0.355 e. The lowest BCUT2D eigenvalue weighted by Crippen LogP contribution is -2.52. The quantitative estimate of drug-likeness (QED) is 0.749. The highest BCUT2D eigenvalue weighted by Gasteiger charge is 2.62. The molecule has 3 nitrogen and oxygen atoms in total. The molecule has 2 rings (SSSR count). The molecule has 1 aliphatic rings. The van der Waals surface area contributed by atoms with Gasteiger partial charge in [0.2, 0.25) is 5.91 Å². The Balaban J connectivity index is 2.00. The van der Waals surface area contributed by atoms with Crippen LogP contribution >= 0.6 is 0 Å². The number of amides is 1. The Hall–Kier alpha value is -1.56. The van der Waals surface area contributed by atoms with Gasteiger partial charge < -0.3 is 5.32 Å². The molecule has 1 atom stereocenters. The molecular formula is C19H27F3N2O. The lowest BCUT2D eigenvalue weighted by atomic mass is 9.85. The number of carbonyl (C=O) groups excluding carboxylic acids is 1. The monoisotopic (exact) mass is 356 g/mol. The third-order valence-corrected chi connectivity index (χ3v) is 4.82. The van der Waals surface area contributed by atoms with Crippen molar-refractivity contribution in [3.05, 3.63) is 35.9 Å². The van der Waals surface area contributed by atoms with Gasteiger partial charge in [-0.3, -0.25) is 9.69 Å². The molecule has 1 N–H and O–H groups in total. The van der Waals surface area contributed by atoms with Crippen molar-refractivity contribution in [2.24, 2.45) is 11.3 Å². The van der Waals surface area contributed by atoms with E-state index in [1.807, 2.05) is 30.3 Å². The first-order chi connectivity index (χ1) is 11.7. The predicted octanol–water partition coefficient (Wildman–Crippen LogP) is 3.99. The first-order valence-electron chi connectivity index (χ1n) is 8.86. The summed E-state index contributed by atoms with van der Waals surface area (Å²) >= 11 is 0. The molecular weight excluding hydrogens is 329 g/mol. The third kappa shape index (κ3) is 4.97. The molecule has 1 saturated heterocycles. The zero-order chi connectivity index (χ0) is 18.5. The lowest BCUT2D eigenvalue weighted by Gasteiger charge is -2.30. The molecule has 0 saturated carbocycles. The molecule has 25 heavy (non-hydrogen) atoms. The molecule has 1 amide bonds. The van der Waals surface area contributed by atoms with Gasteiger partial charge in [0.25, 0.3) is 0 Å². The van der Waals surface area contributed by atoms with Gasteiger partial charge in [0.05, 0.1) is 0 Å². The molecule has 0 bridgehead atoms. The van der Waals surface area contributed by atoms with Gasteiger partial charge in [-0.15, -0.1) is 0 Å². The van der Waals surface area contributed by atoms with Gasteiger partial charge in [0, 0.05) is 19.6 Å². The van der Waals surface area contributed by atoms with Gasteiger partial charge >= 0.3 is 6.18 Å². The van der Waals surface area contributed by atoms with E-state index in [4.69, 9.17) is 0 Å². The van der Waals surface area contributed by atoms with Crippen LogP contribution in [0.4, 0.5) is 13.2 Å². The summed E-state index contributed by atoms with van der Waals surface area (Å²) in [5, 5.41) is 2.53. The van der Waals surface area contributed by atoms with Crippen LogP contribution in [0.15, 0.2) is 30.3 Å². The molecule has 0 radical (unpaired) electrons. The molecule has 0 aliphatic carbocycles. The Labute approximate surface area is 147 Å². The zero-order valence-corrected chi connectivity index (χ0v) is 14.9. The minimum Gasteiger partial charge on any atom is -0.355 e. The highest BCUT2D eigenvalue weighted by molar-refractivity contribution is 5.84. The Bertz CT molecular complexity index is 560. The zero-order valence-electron chi connectivity index (χ0n) is 14.9. The van der Waals surface area contributed by atoms with E-state index in [2.05, 4.69) is 19.2 Å². The maximum absolute atomic E-state index is 13.7. The van der Waals surface area contributed by atoms with Gasteiger partial charge in [0.1, 0.15) is 0 Å². The third-order valence-electron chi connectivity index (χ3n) is 4.82. The highest BCUT2D eigenvalue weighted by atomic mass is 19.4. The summed E-state index contributed by atoms with van der Waals surface area (Å²) in [7, 11) is 0. The first-order valence-corrected chi connectivity index (χ1v) is 8.86. The van der Waals surface area contributed by atoms with E-state index in [0.29, 0.717) is 25.4 Å². The van der Waals surface area contributed by atoms with Gasteiger partial charge in [-0.2, -0.15) is 13.2 Å². The van der Waals surface area contributed by atoms with Crippen LogP contribution in [-0.4, -0.2) is 36.6 Å². The summed E-state index contributed by atoms with van der Waals surface area (Å²) in [6.07, 6.45) is -3.13. The summed E-state index contributed by atoms with van der Waals surface area (Å²) in [5.74, 6) is -0.402. The van der Waals surface area contributed by atoms with Gasteiger partial charge in [-0.1, -0.05) is 44.2 Å². The van der Waals surface area contributed by atoms with Crippen LogP contribution in [0.25, 0.3) is 0 Å². The number of likely N-dealkylation sites (tertiary alicyclic amines) is 1. The molecule has 140 valence electrons. The average Bonchev–Trinajstić information content (AvgIpc) is 2.97. The maximum atomic E-state index is 13.7. The number of rotatable bonds is 7. The van der Waals surface area contributed by atoms with Crippen molar-refractivity contribution in [3.63, 3.8) is 0 Å². The van der Waals surface area contributed by atoms with E-state index in [9.17, 15) is 18.0 Å². The van der Waals surface area contributed by atoms with Crippen LogP contribution in [-0.2, 0) is 11.3 Å². The fourth-order valence-electron chi connectivity index (χ4n) is 3.29. The summed E-state index contributed by atoms with van der Waals surface area (Å²) in [5.41, 5.74) is -1.34. The standard InChI is InChI=1S/C19H27F3N2O/c1-15(2)7-6-11-23-17(25)18(19(20,21)22)10-12-24(14-18)13-16-8-4-3-5-9-16/h3-5,8-9,15H,6-7,10-14H2,1-2H3,(H,23,25). The van der Waals surface area contributed by atoms with Crippen LogP contribution < -0.4 is 5.32 Å². The average molecular weight is 356 g/mol. The minimum absolute atomic E-state index is 0.181. The number of nitrogens with one attached hydrogen (secondary N) is 1. The predicted molar refractivity (Wildman–Crippen MR) is 91.9 cm³/mol. The lowest BCUT2D eigenvalue weighted by molar-refractivity contribution is -0.218. The number of halogens is 3. The fourth-order valence-corrected chi connectivity index (χ4v) is 3.29. The molecule has 0 spiro atoms. The van der Waals surface area contributed by atoms with E-state index < -0.39 is 17.5 Å². The summed E-state index contributed by atoms with van der Waals surface area (Å²) in [6.45, 7) is 4.83. The van der Waals surface area contributed by atoms with Gasteiger partial charge in [0.15, 0.2) is 5.41 Å². The molecule has 1 heterocycles. The molecule has 0 aromatic heterocycles.